The molecule has 1 aliphatic carbocycles. The Morgan fingerprint density at radius 1 is 1.15 bits per heavy atom. The van der Waals surface area contributed by atoms with Crippen LogP contribution in [-0.4, -0.2) is 11.1 Å². The molecule has 1 aliphatic heterocycles. The fourth-order valence-corrected chi connectivity index (χ4v) is 4.30. The van der Waals surface area contributed by atoms with Gasteiger partial charge in [-0.05, 0) is 47.7 Å². The number of carbonyl (C=O) groups is 1. The molecule has 0 radical (unpaired) electrons. The highest BCUT2D eigenvalue weighted by Gasteiger charge is 2.44. The molecule has 2 N–H and O–H groups in total. The Morgan fingerprint density at radius 3 is 2.48 bits per heavy atom. The number of hydrogen-bond donors (Lipinski definition) is 2. The monoisotopic (exact) mass is 393 g/mol. The second-order valence-corrected chi connectivity index (χ2v) is 7.19. The van der Waals surface area contributed by atoms with Crippen LogP contribution in [0.4, 0.5) is 18.9 Å². The number of alkyl halides is 3. The summed E-state index contributed by atoms with van der Waals surface area (Å²) in [6, 6.07) is 8.43. The van der Waals surface area contributed by atoms with Crippen LogP contribution >= 0.6 is 11.6 Å². The predicted molar refractivity (Wildman–Crippen MR) is 96.2 cm³/mol. The Labute approximate surface area is 158 Å². The highest BCUT2D eigenvalue weighted by molar-refractivity contribution is 6.33. The molecule has 2 aromatic carbocycles. The average Bonchev–Trinajstić information content (AvgIpc) is 3.10. The number of nitrogens with one attached hydrogen (secondary N) is 1. The van der Waals surface area contributed by atoms with E-state index in [0.717, 1.165) is 11.6 Å². The molecule has 3 atom stereocenters. The number of rotatable bonds is 2. The van der Waals surface area contributed by atoms with Crippen LogP contribution in [0.1, 0.15) is 45.4 Å². The van der Waals surface area contributed by atoms with Gasteiger partial charge in [-0.25, -0.2) is 4.79 Å². The van der Waals surface area contributed by atoms with Gasteiger partial charge in [0.1, 0.15) is 0 Å². The minimum Gasteiger partial charge on any atom is -0.478 e. The van der Waals surface area contributed by atoms with Crippen LogP contribution in [-0.2, 0) is 6.18 Å². The molecule has 0 spiro atoms. The minimum atomic E-state index is -4.46. The Morgan fingerprint density at radius 2 is 1.85 bits per heavy atom. The molecule has 0 amide bonds. The van der Waals surface area contributed by atoms with Crippen molar-refractivity contribution in [2.24, 2.45) is 5.92 Å². The fraction of sp³-hybridized carbons (Fsp3) is 0.250. The molecule has 4 rings (SSSR count). The van der Waals surface area contributed by atoms with Crippen molar-refractivity contribution in [3.63, 3.8) is 0 Å². The number of carboxylic acids is 1. The molecular weight excluding hydrogens is 379 g/mol. The third-order valence-electron chi connectivity index (χ3n) is 5.29. The number of anilines is 1. The van der Waals surface area contributed by atoms with E-state index in [0.29, 0.717) is 12.1 Å². The van der Waals surface area contributed by atoms with Crippen LogP contribution in [0.15, 0.2) is 48.6 Å². The van der Waals surface area contributed by atoms with Crippen molar-refractivity contribution in [2.75, 3.05) is 5.32 Å². The summed E-state index contributed by atoms with van der Waals surface area (Å²) in [4.78, 5) is 11.1. The maximum Gasteiger partial charge on any atom is 0.416 e. The molecule has 0 saturated carbocycles. The fourth-order valence-electron chi connectivity index (χ4n) is 4.08. The van der Waals surface area contributed by atoms with Gasteiger partial charge in [-0.1, -0.05) is 35.9 Å². The molecule has 7 heteroatoms. The first kappa shape index (κ1) is 17.9. The number of halogens is 4. The van der Waals surface area contributed by atoms with E-state index in [-0.39, 0.29) is 28.1 Å². The minimum absolute atomic E-state index is 0.104. The lowest BCUT2D eigenvalue weighted by molar-refractivity contribution is -0.138. The summed E-state index contributed by atoms with van der Waals surface area (Å²) in [5, 5.41) is 12.5. The smallest absolute Gasteiger partial charge is 0.416 e. The van der Waals surface area contributed by atoms with Crippen LogP contribution in [0.25, 0.3) is 0 Å². The molecule has 2 aromatic rings. The molecule has 0 bridgehead atoms. The highest BCUT2D eigenvalue weighted by Crippen LogP contribution is 2.54. The molecule has 0 fully saturated rings. The molecule has 1 heterocycles. The lowest BCUT2D eigenvalue weighted by atomic mass is 9.75. The third-order valence-corrected chi connectivity index (χ3v) is 5.61. The standard InChI is InChI=1S/C20H15ClF3NO2/c21-15-9-8-14(20(22,23)24)16-12-2-1-3-13(12)17(25-18(15)16)10-4-6-11(7-5-10)19(26)27/h1-2,4-9,12-13,17,25H,3H2,(H,26,27)/t12-,13+,17-/m0/s1. The second-order valence-electron chi connectivity index (χ2n) is 6.78. The first-order valence-corrected chi connectivity index (χ1v) is 8.81. The molecule has 0 aromatic heterocycles. The van der Waals surface area contributed by atoms with Gasteiger partial charge in [0, 0.05) is 5.92 Å². The van der Waals surface area contributed by atoms with Crippen molar-refractivity contribution in [1.82, 2.24) is 0 Å². The lowest BCUT2D eigenvalue weighted by Crippen LogP contribution is -2.31. The van der Waals surface area contributed by atoms with E-state index < -0.39 is 23.6 Å². The van der Waals surface area contributed by atoms with E-state index in [1.54, 1.807) is 12.1 Å². The first-order chi connectivity index (χ1) is 12.8. The summed E-state index contributed by atoms with van der Waals surface area (Å²) >= 11 is 6.24. The maximum atomic E-state index is 13.6. The summed E-state index contributed by atoms with van der Waals surface area (Å²) in [6.07, 6.45) is -0.125. The van der Waals surface area contributed by atoms with Gasteiger partial charge in [-0.2, -0.15) is 13.2 Å². The maximum absolute atomic E-state index is 13.6. The van der Waals surface area contributed by atoms with Crippen molar-refractivity contribution < 1.29 is 23.1 Å². The van der Waals surface area contributed by atoms with Crippen molar-refractivity contribution in [3.8, 4) is 0 Å². The van der Waals surface area contributed by atoms with Gasteiger partial charge >= 0.3 is 12.1 Å². The topological polar surface area (TPSA) is 49.3 Å². The van der Waals surface area contributed by atoms with Crippen molar-refractivity contribution in [1.29, 1.82) is 0 Å². The number of allylic oxidation sites excluding steroid dienone is 2. The van der Waals surface area contributed by atoms with Gasteiger partial charge in [0.05, 0.1) is 27.9 Å². The second kappa shape index (κ2) is 6.30. The van der Waals surface area contributed by atoms with Gasteiger partial charge in [0.2, 0.25) is 0 Å². The van der Waals surface area contributed by atoms with E-state index in [1.165, 1.54) is 18.2 Å². The van der Waals surface area contributed by atoms with Gasteiger partial charge in [0.25, 0.3) is 0 Å². The van der Waals surface area contributed by atoms with Crippen LogP contribution in [0, 0.1) is 5.92 Å². The van der Waals surface area contributed by atoms with E-state index >= 15 is 0 Å². The number of benzene rings is 2. The molecule has 2 aliphatic rings. The van der Waals surface area contributed by atoms with Crippen LogP contribution < -0.4 is 5.32 Å². The zero-order valence-corrected chi connectivity index (χ0v) is 14.7. The summed E-state index contributed by atoms with van der Waals surface area (Å²) in [6.45, 7) is 0. The molecule has 27 heavy (non-hydrogen) atoms. The summed E-state index contributed by atoms with van der Waals surface area (Å²) < 4.78 is 40.7. The highest BCUT2D eigenvalue weighted by atomic mass is 35.5. The van der Waals surface area contributed by atoms with E-state index in [4.69, 9.17) is 16.7 Å². The Kier molecular flexibility index (Phi) is 4.18. The van der Waals surface area contributed by atoms with Crippen molar-refractivity contribution >= 4 is 23.3 Å². The van der Waals surface area contributed by atoms with Crippen LogP contribution in [0.5, 0.6) is 0 Å². The van der Waals surface area contributed by atoms with Crippen molar-refractivity contribution in [2.45, 2.75) is 24.6 Å². The van der Waals surface area contributed by atoms with Gasteiger partial charge < -0.3 is 10.4 Å². The number of aromatic carboxylic acids is 1. The van der Waals surface area contributed by atoms with Crippen LogP contribution in [0.3, 0.4) is 0 Å². The molecule has 0 unspecified atom stereocenters. The average molecular weight is 394 g/mol. The SMILES string of the molecule is O=C(O)c1ccc([C@@H]2Nc3c(Cl)ccc(C(F)(F)F)c3[C@H]3C=CC[C@H]32)cc1. The van der Waals surface area contributed by atoms with E-state index in [9.17, 15) is 18.0 Å². The third kappa shape index (κ3) is 2.98. The summed E-state index contributed by atoms with van der Waals surface area (Å²) in [5.74, 6) is -1.53. The molecular formula is C20H15ClF3NO2. The Balaban J connectivity index is 1.82. The van der Waals surface area contributed by atoms with E-state index in [2.05, 4.69) is 5.32 Å². The molecule has 0 saturated heterocycles. The van der Waals surface area contributed by atoms with Gasteiger partial charge in [-0.15, -0.1) is 0 Å². The normalized spacial score (nSPS) is 23.5. The largest absolute Gasteiger partial charge is 0.478 e. The quantitative estimate of drug-likeness (QED) is 0.626. The van der Waals surface area contributed by atoms with Crippen molar-refractivity contribution in [3.05, 3.63) is 75.8 Å². The summed E-state index contributed by atoms with van der Waals surface area (Å²) in [7, 11) is 0. The lowest BCUT2D eigenvalue weighted by Gasteiger charge is -2.39. The zero-order chi connectivity index (χ0) is 19.3. The number of fused-ring (bicyclic) bond motifs is 3. The predicted octanol–water partition coefficient (Wildman–Crippen LogP) is 5.88. The Hall–Kier alpha value is -2.47. The Bertz CT molecular complexity index is 937. The van der Waals surface area contributed by atoms with Gasteiger partial charge in [-0.3, -0.25) is 0 Å². The van der Waals surface area contributed by atoms with Gasteiger partial charge in [0.15, 0.2) is 0 Å². The number of hydrogen-bond acceptors (Lipinski definition) is 2. The zero-order valence-electron chi connectivity index (χ0n) is 13.9. The first-order valence-electron chi connectivity index (χ1n) is 8.43. The van der Waals surface area contributed by atoms with Crippen LogP contribution in [0.2, 0.25) is 5.02 Å². The molecule has 3 nitrogen and oxygen atoms in total. The number of carboxylic acid groups (broad SMARTS) is 1. The van der Waals surface area contributed by atoms with E-state index in [1.807, 2.05) is 12.2 Å². The molecule has 140 valence electrons. The summed E-state index contributed by atoms with van der Waals surface area (Å²) in [5.41, 5.74) is 0.792.